The van der Waals surface area contributed by atoms with Crippen LogP contribution in [0.15, 0.2) is 0 Å². The molecule has 0 aromatic carbocycles. The molecule has 4 atom stereocenters. The van der Waals surface area contributed by atoms with Crippen LogP contribution in [0.1, 0.15) is 6.92 Å². The van der Waals surface area contributed by atoms with Gasteiger partial charge in [0.25, 0.3) is 0 Å². The predicted molar refractivity (Wildman–Crippen MR) is 38.6 cm³/mol. The highest BCUT2D eigenvalue weighted by molar-refractivity contribution is 4.89. The van der Waals surface area contributed by atoms with Crippen LogP contribution in [0, 0.1) is 0 Å². The lowest BCUT2D eigenvalue weighted by molar-refractivity contribution is -0.0639. The van der Waals surface area contributed by atoms with Crippen molar-refractivity contribution in [2.75, 3.05) is 6.61 Å². The minimum atomic E-state index is -0.906. The zero-order valence-electron chi connectivity index (χ0n) is 6.36. The molecule has 1 saturated heterocycles. The van der Waals surface area contributed by atoms with E-state index in [0.29, 0.717) is 0 Å². The predicted octanol–water partition coefficient (Wildman–Crippen LogP) is -2.43. The molecule has 1 fully saturated rings. The van der Waals surface area contributed by atoms with Crippen LogP contribution in [0.3, 0.4) is 0 Å². The van der Waals surface area contributed by atoms with E-state index in [1.54, 1.807) is 6.92 Å². The smallest absolute Gasteiger partial charge is 0.100 e. The molecule has 0 aliphatic carbocycles. The van der Waals surface area contributed by atoms with Gasteiger partial charge in [0.15, 0.2) is 0 Å². The monoisotopic (exact) mass is 162 g/mol. The first-order chi connectivity index (χ1) is 5.16. The summed E-state index contributed by atoms with van der Waals surface area (Å²) in [6.07, 6.45) is -1.73. The molecule has 1 aliphatic rings. The van der Waals surface area contributed by atoms with Crippen LogP contribution in [0.25, 0.3) is 0 Å². The van der Waals surface area contributed by atoms with Gasteiger partial charge in [-0.3, -0.25) is 5.43 Å². The van der Waals surface area contributed by atoms with E-state index in [1.165, 1.54) is 0 Å². The average Bonchev–Trinajstić information content (AvgIpc) is 2.01. The van der Waals surface area contributed by atoms with Gasteiger partial charge < -0.3 is 15.3 Å². The van der Waals surface area contributed by atoms with E-state index in [4.69, 9.17) is 5.11 Å². The summed E-state index contributed by atoms with van der Waals surface area (Å²) in [6, 6.07) is -0.686. The summed E-state index contributed by atoms with van der Waals surface area (Å²) in [4.78, 5) is 0. The topological polar surface area (TPSA) is 84.8 Å². The van der Waals surface area contributed by atoms with Gasteiger partial charge in [-0.05, 0) is 6.92 Å². The van der Waals surface area contributed by atoms with E-state index in [1.807, 2.05) is 0 Å². The molecular formula is C6H14N2O3. The van der Waals surface area contributed by atoms with E-state index in [-0.39, 0.29) is 12.6 Å². The van der Waals surface area contributed by atoms with Crippen LogP contribution in [0.5, 0.6) is 0 Å². The Morgan fingerprint density at radius 3 is 2.36 bits per heavy atom. The molecule has 5 N–H and O–H groups in total. The number of hydrogen-bond acceptors (Lipinski definition) is 5. The molecule has 0 bridgehead atoms. The highest BCUT2D eigenvalue weighted by atomic mass is 16.3. The summed E-state index contributed by atoms with van der Waals surface area (Å²) in [7, 11) is 0. The van der Waals surface area contributed by atoms with Crippen LogP contribution in [0.2, 0.25) is 0 Å². The Hall–Kier alpha value is -0.200. The summed E-state index contributed by atoms with van der Waals surface area (Å²) >= 11 is 0. The molecule has 0 aromatic rings. The van der Waals surface area contributed by atoms with Crippen LogP contribution < -0.4 is 10.9 Å². The van der Waals surface area contributed by atoms with E-state index < -0.39 is 18.2 Å². The van der Waals surface area contributed by atoms with Crippen LogP contribution in [-0.2, 0) is 0 Å². The summed E-state index contributed by atoms with van der Waals surface area (Å²) < 4.78 is 0. The molecule has 5 heteroatoms. The largest absolute Gasteiger partial charge is 0.395 e. The zero-order valence-corrected chi connectivity index (χ0v) is 6.36. The normalized spacial score (nSPS) is 45.8. The minimum absolute atomic E-state index is 0.196. The average molecular weight is 162 g/mol. The van der Waals surface area contributed by atoms with Gasteiger partial charge in [0, 0.05) is 6.04 Å². The molecule has 0 amide bonds. The highest BCUT2D eigenvalue weighted by Crippen LogP contribution is 2.07. The van der Waals surface area contributed by atoms with Crippen molar-refractivity contribution in [1.82, 2.24) is 10.9 Å². The first kappa shape index (κ1) is 8.89. The molecule has 0 radical (unpaired) electrons. The molecule has 0 aromatic heterocycles. The van der Waals surface area contributed by atoms with Gasteiger partial charge in [-0.2, -0.15) is 0 Å². The molecule has 11 heavy (non-hydrogen) atoms. The third-order valence-corrected chi connectivity index (χ3v) is 1.97. The second kappa shape index (κ2) is 3.46. The van der Waals surface area contributed by atoms with E-state index in [0.717, 1.165) is 0 Å². The van der Waals surface area contributed by atoms with Gasteiger partial charge in [0.05, 0.1) is 18.8 Å². The lowest BCUT2D eigenvalue weighted by atomic mass is 9.99. The maximum absolute atomic E-state index is 9.30. The van der Waals surface area contributed by atoms with Crippen molar-refractivity contribution in [2.45, 2.75) is 31.2 Å². The lowest BCUT2D eigenvalue weighted by Crippen LogP contribution is -2.66. The Balaban J connectivity index is 2.52. The van der Waals surface area contributed by atoms with Crippen molar-refractivity contribution in [3.8, 4) is 0 Å². The van der Waals surface area contributed by atoms with Gasteiger partial charge in [0.2, 0.25) is 0 Å². The standard InChI is InChI=1S/C6H14N2O3/c1-3-5(10)6(11)4(2-9)8-7-3/h3-11H,2H2,1H3/t3-,4+,5-,6+/m1/s1. The van der Waals surface area contributed by atoms with Crippen molar-refractivity contribution in [3.05, 3.63) is 0 Å². The lowest BCUT2D eigenvalue weighted by Gasteiger charge is -2.36. The number of aliphatic hydroxyl groups is 3. The third-order valence-electron chi connectivity index (χ3n) is 1.97. The van der Waals surface area contributed by atoms with E-state index in [9.17, 15) is 10.2 Å². The van der Waals surface area contributed by atoms with Gasteiger partial charge in [-0.1, -0.05) is 0 Å². The van der Waals surface area contributed by atoms with Gasteiger partial charge in [-0.15, -0.1) is 0 Å². The Morgan fingerprint density at radius 1 is 1.18 bits per heavy atom. The summed E-state index contributed by atoms with van der Waals surface area (Å²) in [6.45, 7) is 1.55. The fourth-order valence-electron chi connectivity index (χ4n) is 1.10. The molecule has 0 unspecified atom stereocenters. The Bertz CT molecular complexity index is 131. The SMILES string of the molecule is C[C@H]1NN[C@@H](CO)[C@H](O)[C@@H]1O. The molecular weight excluding hydrogens is 148 g/mol. The molecule has 0 saturated carbocycles. The number of aliphatic hydroxyl groups excluding tert-OH is 3. The van der Waals surface area contributed by atoms with Crippen LogP contribution in [0.4, 0.5) is 0 Å². The first-order valence-corrected chi connectivity index (χ1v) is 3.65. The van der Waals surface area contributed by atoms with E-state index >= 15 is 0 Å². The summed E-state index contributed by atoms with van der Waals surface area (Å²) in [5.41, 5.74) is 5.43. The van der Waals surface area contributed by atoms with Crippen molar-refractivity contribution in [1.29, 1.82) is 0 Å². The highest BCUT2D eigenvalue weighted by Gasteiger charge is 2.34. The molecule has 5 nitrogen and oxygen atoms in total. The zero-order chi connectivity index (χ0) is 8.43. The molecule has 66 valence electrons. The Labute approximate surface area is 65.0 Å². The maximum Gasteiger partial charge on any atom is 0.100 e. The van der Waals surface area contributed by atoms with E-state index in [2.05, 4.69) is 10.9 Å². The number of rotatable bonds is 1. The molecule has 1 heterocycles. The number of hydrazine groups is 1. The molecule has 0 spiro atoms. The number of nitrogens with one attached hydrogen (secondary N) is 2. The summed E-state index contributed by atoms with van der Waals surface area (Å²) in [5, 5.41) is 27.3. The quantitative estimate of drug-likeness (QED) is 0.296. The van der Waals surface area contributed by atoms with Crippen LogP contribution >= 0.6 is 0 Å². The van der Waals surface area contributed by atoms with Crippen LogP contribution in [-0.4, -0.2) is 46.2 Å². The van der Waals surface area contributed by atoms with Gasteiger partial charge >= 0.3 is 0 Å². The second-order valence-corrected chi connectivity index (χ2v) is 2.85. The van der Waals surface area contributed by atoms with Crippen molar-refractivity contribution in [2.24, 2.45) is 0 Å². The first-order valence-electron chi connectivity index (χ1n) is 3.65. The Kier molecular flexibility index (Phi) is 2.80. The number of hydrogen-bond donors (Lipinski definition) is 5. The van der Waals surface area contributed by atoms with Crippen molar-refractivity contribution < 1.29 is 15.3 Å². The minimum Gasteiger partial charge on any atom is -0.395 e. The summed E-state index contributed by atoms with van der Waals surface area (Å²) in [5.74, 6) is 0. The van der Waals surface area contributed by atoms with Crippen molar-refractivity contribution >= 4 is 0 Å². The second-order valence-electron chi connectivity index (χ2n) is 2.85. The molecule has 1 aliphatic heterocycles. The van der Waals surface area contributed by atoms with Gasteiger partial charge in [0.1, 0.15) is 6.10 Å². The fraction of sp³-hybridized carbons (Fsp3) is 1.00. The Morgan fingerprint density at radius 2 is 1.82 bits per heavy atom. The third kappa shape index (κ3) is 1.69. The fourth-order valence-corrected chi connectivity index (χ4v) is 1.10. The molecule has 1 rings (SSSR count). The van der Waals surface area contributed by atoms with Gasteiger partial charge in [-0.25, -0.2) is 5.43 Å². The maximum atomic E-state index is 9.30. The van der Waals surface area contributed by atoms with Crippen molar-refractivity contribution in [3.63, 3.8) is 0 Å².